The average Bonchev–Trinajstić information content (AvgIpc) is 2.61. The van der Waals surface area contributed by atoms with Crippen molar-refractivity contribution < 1.29 is 9.90 Å². The van der Waals surface area contributed by atoms with E-state index in [1.165, 1.54) is 103 Å². The van der Waals surface area contributed by atoms with Gasteiger partial charge in [0.15, 0.2) is 0 Å². The maximum absolute atomic E-state index is 10.8. The molecule has 0 aliphatic carbocycles. The second-order valence-electron chi connectivity index (χ2n) is 8.22. The SMILES string of the molecule is CCCCCCCCCCCCCCCCCC[C@H](C)/C=C(\C)C(=O)O. The summed E-state index contributed by atoms with van der Waals surface area (Å²) >= 11 is 0. The van der Waals surface area contributed by atoms with Crippen LogP contribution in [0.25, 0.3) is 0 Å². The third-order valence-electron chi connectivity index (χ3n) is 5.38. The number of carboxylic acids is 1. The van der Waals surface area contributed by atoms with E-state index in [2.05, 4.69) is 13.8 Å². The molecule has 0 saturated carbocycles. The Kier molecular flexibility index (Phi) is 18.4. The maximum Gasteiger partial charge on any atom is 0.330 e. The highest BCUT2D eigenvalue weighted by atomic mass is 16.4. The molecule has 154 valence electrons. The van der Waals surface area contributed by atoms with Crippen molar-refractivity contribution in [1.29, 1.82) is 0 Å². The van der Waals surface area contributed by atoms with Crippen LogP contribution < -0.4 is 0 Å². The molecule has 0 spiro atoms. The van der Waals surface area contributed by atoms with Gasteiger partial charge in [0.2, 0.25) is 0 Å². The predicted molar refractivity (Wildman–Crippen MR) is 115 cm³/mol. The van der Waals surface area contributed by atoms with E-state index in [-0.39, 0.29) is 0 Å². The van der Waals surface area contributed by atoms with E-state index in [1.807, 2.05) is 6.08 Å². The van der Waals surface area contributed by atoms with Crippen molar-refractivity contribution in [2.45, 2.75) is 130 Å². The molecule has 1 atom stereocenters. The van der Waals surface area contributed by atoms with Gasteiger partial charge in [-0.05, 0) is 19.3 Å². The van der Waals surface area contributed by atoms with Gasteiger partial charge in [-0.25, -0.2) is 4.79 Å². The molecule has 0 aromatic heterocycles. The van der Waals surface area contributed by atoms with Gasteiger partial charge in [0.1, 0.15) is 0 Å². The zero-order chi connectivity index (χ0) is 19.5. The number of carboxylic acid groups (broad SMARTS) is 1. The van der Waals surface area contributed by atoms with Crippen LogP contribution in [-0.2, 0) is 4.79 Å². The Labute approximate surface area is 163 Å². The summed E-state index contributed by atoms with van der Waals surface area (Å²) < 4.78 is 0. The largest absolute Gasteiger partial charge is 0.478 e. The summed E-state index contributed by atoms with van der Waals surface area (Å²) in [7, 11) is 0. The summed E-state index contributed by atoms with van der Waals surface area (Å²) in [6, 6.07) is 0. The predicted octanol–water partition coefficient (Wildman–Crippen LogP) is 8.31. The van der Waals surface area contributed by atoms with Crippen LogP contribution in [0, 0.1) is 5.92 Å². The molecule has 0 rings (SSSR count). The Morgan fingerprint density at radius 1 is 0.731 bits per heavy atom. The first-order valence-electron chi connectivity index (χ1n) is 11.5. The second kappa shape index (κ2) is 19.0. The van der Waals surface area contributed by atoms with Gasteiger partial charge in [-0.15, -0.1) is 0 Å². The van der Waals surface area contributed by atoms with Gasteiger partial charge >= 0.3 is 5.97 Å². The lowest BCUT2D eigenvalue weighted by Crippen LogP contribution is -1.99. The van der Waals surface area contributed by atoms with Crippen molar-refractivity contribution in [3.8, 4) is 0 Å². The molecule has 0 aromatic carbocycles. The molecule has 2 heteroatoms. The Bertz CT molecular complexity index is 346. The number of hydrogen-bond acceptors (Lipinski definition) is 1. The van der Waals surface area contributed by atoms with E-state index in [4.69, 9.17) is 5.11 Å². The van der Waals surface area contributed by atoms with E-state index in [9.17, 15) is 4.79 Å². The van der Waals surface area contributed by atoms with Gasteiger partial charge < -0.3 is 5.11 Å². The third kappa shape index (κ3) is 18.0. The quantitative estimate of drug-likeness (QED) is 0.184. The van der Waals surface area contributed by atoms with Crippen molar-refractivity contribution in [1.82, 2.24) is 0 Å². The first-order chi connectivity index (χ1) is 12.6. The fraction of sp³-hybridized carbons (Fsp3) is 0.875. The molecule has 0 aliphatic rings. The standard InChI is InChI=1S/C24H46O2/c1-4-5-6-7-8-9-10-11-12-13-14-15-16-17-18-19-20-22(2)21-23(3)24(25)26/h21-22H,4-20H2,1-3H3,(H,25,26)/b23-21+/t22-/m0/s1. The lowest BCUT2D eigenvalue weighted by atomic mass is 9.99. The van der Waals surface area contributed by atoms with Gasteiger partial charge in [0, 0.05) is 5.57 Å². The summed E-state index contributed by atoms with van der Waals surface area (Å²) in [5, 5.41) is 8.88. The maximum atomic E-state index is 10.8. The van der Waals surface area contributed by atoms with Crippen molar-refractivity contribution >= 4 is 5.97 Å². The number of rotatable bonds is 19. The number of carbonyl (C=O) groups is 1. The minimum Gasteiger partial charge on any atom is -0.478 e. The highest BCUT2D eigenvalue weighted by Gasteiger charge is 2.04. The smallest absolute Gasteiger partial charge is 0.330 e. The Morgan fingerprint density at radius 2 is 1.08 bits per heavy atom. The summed E-state index contributed by atoms with van der Waals surface area (Å²) in [4.78, 5) is 10.8. The molecule has 0 amide bonds. The Balaban J connectivity index is 3.22. The van der Waals surface area contributed by atoms with Crippen LogP contribution >= 0.6 is 0 Å². The number of unbranched alkanes of at least 4 members (excludes halogenated alkanes) is 15. The fourth-order valence-corrected chi connectivity index (χ4v) is 3.60. The van der Waals surface area contributed by atoms with Gasteiger partial charge in [0.05, 0.1) is 0 Å². The zero-order valence-electron chi connectivity index (χ0n) is 18.0. The summed E-state index contributed by atoms with van der Waals surface area (Å²) in [6.45, 7) is 6.09. The summed E-state index contributed by atoms with van der Waals surface area (Å²) in [5.74, 6) is -0.401. The Morgan fingerprint density at radius 3 is 1.42 bits per heavy atom. The molecule has 0 aliphatic heterocycles. The van der Waals surface area contributed by atoms with Crippen molar-refractivity contribution in [3.05, 3.63) is 11.6 Å². The molecule has 0 radical (unpaired) electrons. The molecule has 0 aromatic rings. The van der Waals surface area contributed by atoms with Crippen molar-refractivity contribution in [3.63, 3.8) is 0 Å². The van der Waals surface area contributed by atoms with Crippen LogP contribution in [0.1, 0.15) is 130 Å². The fourth-order valence-electron chi connectivity index (χ4n) is 3.60. The van der Waals surface area contributed by atoms with E-state index < -0.39 is 5.97 Å². The molecular weight excluding hydrogens is 320 g/mol. The topological polar surface area (TPSA) is 37.3 Å². The molecular formula is C24H46O2. The lowest BCUT2D eigenvalue weighted by Gasteiger charge is -2.07. The highest BCUT2D eigenvalue weighted by Crippen LogP contribution is 2.16. The molecule has 26 heavy (non-hydrogen) atoms. The Hall–Kier alpha value is -0.790. The van der Waals surface area contributed by atoms with E-state index >= 15 is 0 Å². The minimum atomic E-state index is -0.788. The molecule has 0 bridgehead atoms. The molecule has 0 unspecified atom stereocenters. The molecule has 2 nitrogen and oxygen atoms in total. The average molecular weight is 367 g/mol. The molecule has 0 saturated heterocycles. The highest BCUT2D eigenvalue weighted by molar-refractivity contribution is 5.85. The monoisotopic (exact) mass is 366 g/mol. The van der Waals surface area contributed by atoms with Crippen LogP contribution in [0.15, 0.2) is 11.6 Å². The van der Waals surface area contributed by atoms with Crippen LogP contribution in [0.3, 0.4) is 0 Å². The second-order valence-corrected chi connectivity index (χ2v) is 8.22. The van der Waals surface area contributed by atoms with Crippen LogP contribution in [0.4, 0.5) is 0 Å². The minimum absolute atomic E-state index is 0.387. The number of aliphatic carboxylic acids is 1. The number of hydrogen-bond donors (Lipinski definition) is 1. The summed E-state index contributed by atoms with van der Waals surface area (Å²) in [5.41, 5.74) is 0.481. The first kappa shape index (κ1) is 25.2. The van der Waals surface area contributed by atoms with Crippen LogP contribution in [-0.4, -0.2) is 11.1 Å². The van der Waals surface area contributed by atoms with Crippen LogP contribution in [0.5, 0.6) is 0 Å². The van der Waals surface area contributed by atoms with Crippen LogP contribution in [0.2, 0.25) is 0 Å². The first-order valence-corrected chi connectivity index (χ1v) is 11.5. The normalized spacial score (nSPS) is 13.1. The summed E-state index contributed by atoms with van der Waals surface area (Å²) in [6.07, 6.45) is 25.3. The van der Waals surface area contributed by atoms with E-state index in [0.717, 1.165) is 6.42 Å². The molecule has 0 fully saturated rings. The molecule has 1 N–H and O–H groups in total. The van der Waals surface area contributed by atoms with Crippen molar-refractivity contribution in [2.75, 3.05) is 0 Å². The number of allylic oxidation sites excluding steroid dienone is 1. The zero-order valence-corrected chi connectivity index (χ0v) is 18.0. The van der Waals surface area contributed by atoms with E-state index in [1.54, 1.807) is 6.92 Å². The van der Waals surface area contributed by atoms with Crippen molar-refractivity contribution in [2.24, 2.45) is 5.92 Å². The van der Waals surface area contributed by atoms with Gasteiger partial charge in [-0.3, -0.25) is 0 Å². The van der Waals surface area contributed by atoms with Gasteiger partial charge in [-0.2, -0.15) is 0 Å². The lowest BCUT2D eigenvalue weighted by molar-refractivity contribution is -0.132. The van der Waals surface area contributed by atoms with E-state index in [0.29, 0.717) is 11.5 Å². The molecule has 0 heterocycles. The third-order valence-corrected chi connectivity index (χ3v) is 5.38. The van der Waals surface area contributed by atoms with Gasteiger partial charge in [0.25, 0.3) is 0 Å². The van der Waals surface area contributed by atoms with Gasteiger partial charge in [-0.1, -0.05) is 123 Å².